The van der Waals surface area contributed by atoms with Crippen LogP contribution < -0.4 is 5.32 Å². The second-order valence-electron chi connectivity index (χ2n) is 6.94. The highest BCUT2D eigenvalue weighted by atomic mass is 16.5. The number of benzene rings is 1. The number of alkyl carbamates (subject to hydrolysis) is 1. The smallest absolute Gasteiger partial charge is 0.408 e. The summed E-state index contributed by atoms with van der Waals surface area (Å²) >= 11 is 0. The number of nitrogens with one attached hydrogen (secondary N) is 1. The van der Waals surface area contributed by atoms with Crippen LogP contribution in [0, 0.1) is 5.92 Å². The summed E-state index contributed by atoms with van der Waals surface area (Å²) in [6.07, 6.45) is 7.37. The fraction of sp³-hybridized carbons (Fsp3) is 0.619. The van der Waals surface area contributed by atoms with Crippen LogP contribution >= 0.6 is 0 Å². The van der Waals surface area contributed by atoms with E-state index in [1.165, 1.54) is 32.1 Å². The molecule has 1 saturated carbocycles. The molecular weight excluding hydrogens is 330 g/mol. The zero-order valence-electron chi connectivity index (χ0n) is 15.7. The second-order valence-corrected chi connectivity index (χ2v) is 6.94. The van der Waals surface area contributed by atoms with Gasteiger partial charge in [-0.25, -0.2) is 4.79 Å². The van der Waals surface area contributed by atoms with Crippen molar-refractivity contribution in [1.82, 2.24) is 5.32 Å². The minimum absolute atomic E-state index is 0.0325. The van der Waals surface area contributed by atoms with E-state index in [2.05, 4.69) is 5.32 Å². The van der Waals surface area contributed by atoms with Gasteiger partial charge in [-0.1, -0.05) is 62.4 Å². The quantitative estimate of drug-likeness (QED) is 0.677. The molecule has 1 amide bonds. The summed E-state index contributed by atoms with van der Waals surface area (Å²) < 4.78 is 10.5. The zero-order chi connectivity index (χ0) is 18.6. The highest BCUT2D eigenvalue weighted by molar-refractivity contribution is 5.88. The maximum Gasteiger partial charge on any atom is 0.408 e. The molecule has 1 aromatic rings. The molecule has 1 atom stereocenters. The van der Waals surface area contributed by atoms with Gasteiger partial charge in [-0.3, -0.25) is 4.79 Å². The highest BCUT2D eigenvalue weighted by Crippen LogP contribution is 2.27. The van der Waals surface area contributed by atoms with Crippen molar-refractivity contribution in [3.63, 3.8) is 0 Å². The molecule has 1 aliphatic rings. The first kappa shape index (κ1) is 20.4. The van der Waals surface area contributed by atoms with E-state index in [0.717, 1.165) is 12.0 Å². The third-order valence-corrected chi connectivity index (χ3v) is 4.93. The molecule has 1 N–H and O–H groups in total. The number of carbonyl (C=O) groups is 2. The molecule has 0 aromatic heterocycles. The average molecular weight is 361 g/mol. The van der Waals surface area contributed by atoms with Gasteiger partial charge in [0.15, 0.2) is 5.78 Å². The van der Waals surface area contributed by atoms with Crippen LogP contribution in [0.3, 0.4) is 0 Å². The molecule has 5 heteroatoms. The van der Waals surface area contributed by atoms with Gasteiger partial charge in [-0.05, 0) is 31.2 Å². The van der Waals surface area contributed by atoms with E-state index in [0.29, 0.717) is 18.9 Å². The number of ketones is 1. The van der Waals surface area contributed by atoms with Gasteiger partial charge in [0.1, 0.15) is 13.2 Å². The SMILES string of the molecule is CCOCC(=O)[C@@H](CCC1CCCCC1)NC(=O)OCc1ccccc1. The fourth-order valence-electron chi connectivity index (χ4n) is 3.40. The molecule has 0 saturated heterocycles. The van der Waals surface area contributed by atoms with Crippen molar-refractivity contribution >= 4 is 11.9 Å². The molecule has 144 valence electrons. The lowest BCUT2D eigenvalue weighted by atomic mass is 9.85. The maximum absolute atomic E-state index is 12.4. The molecule has 0 aliphatic heterocycles. The number of amides is 1. The van der Waals surface area contributed by atoms with Crippen LogP contribution in [-0.2, 0) is 20.9 Å². The Balaban J connectivity index is 1.82. The summed E-state index contributed by atoms with van der Waals surface area (Å²) in [5.74, 6) is 0.576. The Hall–Kier alpha value is -1.88. The standard InChI is InChI=1S/C21H31NO4/c1-2-25-16-20(23)19(14-13-17-9-5-3-6-10-17)22-21(24)26-15-18-11-7-4-8-12-18/h4,7-8,11-12,17,19H,2-3,5-6,9-10,13-16H2,1H3,(H,22,24)/t19-/m1/s1. The summed E-state index contributed by atoms with van der Waals surface area (Å²) in [6.45, 7) is 2.57. The Morgan fingerprint density at radius 3 is 2.58 bits per heavy atom. The molecule has 0 bridgehead atoms. The summed E-state index contributed by atoms with van der Waals surface area (Å²) in [6, 6.07) is 8.97. The Morgan fingerprint density at radius 2 is 1.88 bits per heavy atom. The highest BCUT2D eigenvalue weighted by Gasteiger charge is 2.23. The van der Waals surface area contributed by atoms with Gasteiger partial charge < -0.3 is 14.8 Å². The van der Waals surface area contributed by atoms with Crippen LogP contribution in [0.5, 0.6) is 0 Å². The van der Waals surface area contributed by atoms with Crippen LogP contribution in [0.15, 0.2) is 30.3 Å². The molecule has 0 spiro atoms. The zero-order valence-corrected chi connectivity index (χ0v) is 15.7. The number of carbonyl (C=O) groups excluding carboxylic acids is 2. The third kappa shape index (κ3) is 7.56. The lowest BCUT2D eigenvalue weighted by Crippen LogP contribution is -2.43. The van der Waals surface area contributed by atoms with Crippen LogP contribution in [0.25, 0.3) is 0 Å². The maximum atomic E-state index is 12.4. The van der Waals surface area contributed by atoms with Gasteiger partial charge in [0.25, 0.3) is 0 Å². The lowest BCUT2D eigenvalue weighted by Gasteiger charge is -2.24. The largest absolute Gasteiger partial charge is 0.445 e. The van der Waals surface area contributed by atoms with Crippen molar-refractivity contribution in [2.45, 2.75) is 64.5 Å². The molecule has 26 heavy (non-hydrogen) atoms. The third-order valence-electron chi connectivity index (χ3n) is 4.93. The summed E-state index contributed by atoms with van der Waals surface area (Å²) in [4.78, 5) is 24.5. The fourth-order valence-corrected chi connectivity index (χ4v) is 3.40. The Kier molecular flexibility index (Phi) is 9.18. The molecule has 1 aliphatic carbocycles. The minimum atomic E-state index is -0.549. The molecule has 2 rings (SSSR count). The number of Topliss-reactive ketones (excluding diaryl/α,β-unsaturated/α-hetero) is 1. The van der Waals surface area contributed by atoms with Gasteiger partial charge in [0, 0.05) is 6.61 Å². The van der Waals surface area contributed by atoms with E-state index in [1.54, 1.807) is 0 Å². The number of ether oxygens (including phenoxy) is 2. The monoisotopic (exact) mass is 361 g/mol. The summed E-state index contributed by atoms with van der Waals surface area (Å²) in [5.41, 5.74) is 0.919. The summed E-state index contributed by atoms with van der Waals surface area (Å²) in [5, 5.41) is 2.74. The van der Waals surface area contributed by atoms with Crippen LogP contribution in [-0.4, -0.2) is 31.1 Å². The first-order valence-electron chi connectivity index (χ1n) is 9.76. The van der Waals surface area contributed by atoms with E-state index >= 15 is 0 Å². The van der Waals surface area contributed by atoms with Gasteiger partial charge in [-0.2, -0.15) is 0 Å². The van der Waals surface area contributed by atoms with E-state index < -0.39 is 12.1 Å². The predicted octanol–water partition coefficient (Wildman–Crippen LogP) is 4.25. The van der Waals surface area contributed by atoms with Gasteiger partial charge in [0.05, 0.1) is 6.04 Å². The molecule has 0 radical (unpaired) electrons. The number of rotatable bonds is 10. The van der Waals surface area contributed by atoms with Crippen LogP contribution in [0.4, 0.5) is 4.79 Å². The Morgan fingerprint density at radius 1 is 1.15 bits per heavy atom. The molecule has 1 aromatic carbocycles. The number of hydrogen-bond acceptors (Lipinski definition) is 4. The van der Waals surface area contributed by atoms with Crippen molar-refractivity contribution in [3.8, 4) is 0 Å². The first-order chi connectivity index (χ1) is 12.7. The number of hydrogen-bond donors (Lipinski definition) is 1. The summed E-state index contributed by atoms with van der Waals surface area (Å²) in [7, 11) is 0. The van der Waals surface area contributed by atoms with Gasteiger partial charge in [-0.15, -0.1) is 0 Å². The van der Waals surface area contributed by atoms with Crippen LogP contribution in [0.2, 0.25) is 0 Å². The average Bonchev–Trinajstić information content (AvgIpc) is 2.69. The normalized spacial score (nSPS) is 16.0. The van der Waals surface area contributed by atoms with Crippen molar-refractivity contribution in [3.05, 3.63) is 35.9 Å². The minimum Gasteiger partial charge on any atom is -0.445 e. The van der Waals surface area contributed by atoms with Crippen LogP contribution in [0.1, 0.15) is 57.4 Å². The predicted molar refractivity (Wildman–Crippen MR) is 101 cm³/mol. The molecule has 1 fully saturated rings. The van der Waals surface area contributed by atoms with Crippen molar-refractivity contribution in [2.24, 2.45) is 5.92 Å². The molecular formula is C21H31NO4. The molecule has 0 heterocycles. The molecule has 0 unspecified atom stereocenters. The lowest BCUT2D eigenvalue weighted by molar-refractivity contribution is -0.125. The second kappa shape index (κ2) is 11.7. The van der Waals surface area contributed by atoms with Crippen molar-refractivity contribution in [2.75, 3.05) is 13.2 Å². The first-order valence-corrected chi connectivity index (χ1v) is 9.76. The van der Waals surface area contributed by atoms with E-state index in [9.17, 15) is 9.59 Å². The van der Waals surface area contributed by atoms with E-state index in [1.807, 2.05) is 37.3 Å². The van der Waals surface area contributed by atoms with E-state index in [4.69, 9.17) is 9.47 Å². The van der Waals surface area contributed by atoms with E-state index in [-0.39, 0.29) is 19.0 Å². The Labute approximate surface area is 156 Å². The van der Waals surface area contributed by atoms with Gasteiger partial charge >= 0.3 is 6.09 Å². The Bertz CT molecular complexity index is 540. The topological polar surface area (TPSA) is 64.6 Å². The van der Waals surface area contributed by atoms with Crippen molar-refractivity contribution in [1.29, 1.82) is 0 Å². The van der Waals surface area contributed by atoms with Gasteiger partial charge in [0.2, 0.25) is 0 Å². The molecule has 5 nitrogen and oxygen atoms in total. The van der Waals surface area contributed by atoms with Crippen molar-refractivity contribution < 1.29 is 19.1 Å².